The van der Waals surface area contributed by atoms with Gasteiger partial charge in [0.05, 0.1) is 18.8 Å². The minimum atomic E-state index is -0.743. The third kappa shape index (κ3) is 5.23. The largest absolute Gasteiger partial charge is 0.383 e. The predicted octanol–water partition coefficient (Wildman–Crippen LogP) is 2.55. The Bertz CT molecular complexity index is 1190. The first-order chi connectivity index (χ1) is 15.4. The van der Waals surface area contributed by atoms with E-state index in [2.05, 4.69) is 10.3 Å². The molecule has 0 aliphatic carbocycles. The number of H-pyrrole nitrogens is 1. The van der Waals surface area contributed by atoms with E-state index >= 15 is 0 Å². The molecule has 9 heteroatoms. The van der Waals surface area contributed by atoms with Gasteiger partial charge in [0, 0.05) is 6.54 Å². The van der Waals surface area contributed by atoms with Gasteiger partial charge in [0.2, 0.25) is 5.91 Å². The van der Waals surface area contributed by atoms with Gasteiger partial charge in [-0.1, -0.05) is 55.8 Å². The van der Waals surface area contributed by atoms with Crippen molar-refractivity contribution in [3.63, 3.8) is 0 Å². The highest BCUT2D eigenvalue weighted by Crippen LogP contribution is 2.19. The molecule has 0 saturated carbocycles. The van der Waals surface area contributed by atoms with Crippen LogP contribution >= 0.6 is 0 Å². The second-order valence-corrected chi connectivity index (χ2v) is 7.30. The van der Waals surface area contributed by atoms with Crippen LogP contribution in [0.5, 0.6) is 0 Å². The highest BCUT2D eigenvalue weighted by molar-refractivity contribution is 5.98. The van der Waals surface area contributed by atoms with Crippen LogP contribution in [0.1, 0.15) is 25.3 Å². The third-order valence-corrected chi connectivity index (χ3v) is 5.01. The average Bonchev–Trinajstić information content (AvgIpc) is 2.78. The molecule has 1 heterocycles. The summed E-state index contributed by atoms with van der Waals surface area (Å²) in [5, 5.41) is 2.76. The molecule has 0 aliphatic heterocycles. The van der Waals surface area contributed by atoms with Crippen LogP contribution in [-0.2, 0) is 11.3 Å². The fourth-order valence-electron chi connectivity index (χ4n) is 3.31. The van der Waals surface area contributed by atoms with E-state index in [1.54, 1.807) is 12.1 Å². The molecule has 2 aromatic carbocycles. The summed E-state index contributed by atoms with van der Waals surface area (Å²) in [5.74, 6) is -1.06. The molecule has 0 spiro atoms. The summed E-state index contributed by atoms with van der Waals surface area (Å²) < 4.78 is 15.1. The molecular formula is C23H26FN5O3. The van der Waals surface area contributed by atoms with E-state index in [4.69, 9.17) is 5.73 Å². The van der Waals surface area contributed by atoms with Crippen molar-refractivity contribution in [3.8, 4) is 0 Å². The molecule has 8 nitrogen and oxygen atoms in total. The van der Waals surface area contributed by atoms with Gasteiger partial charge >= 0.3 is 5.69 Å². The number of benzene rings is 2. The second kappa shape index (κ2) is 10.4. The summed E-state index contributed by atoms with van der Waals surface area (Å²) in [7, 11) is 0. The quantitative estimate of drug-likeness (QED) is 0.474. The van der Waals surface area contributed by atoms with Crippen molar-refractivity contribution in [2.24, 2.45) is 0 Å². The zero-order valence-corrected chi connectivity index (χ0v) is 17.8. The molecule has 0 fully saturated rings. The number of rotatable bonds is 9. The van der Waals surface area contributed by atoms with Crippen LogP contribution in [0.3, 0.4) is 0 Å². The Morgan fingerprint density at radius 3 is 2.50 bits per heavy atom. The summed E-state index contributed by atoms with van der Waals surface area (Å²) in [6.45, 7) is 2.06. The Balaban J connectivity index is 1.94. The van der Waals surface area contributed by atoms with Gasteiger partial charge in [-0.3, -0.25) is 19.1 Å². The second-order valence-electron chi connectivity index (χ2n) is 7.30. The maximum absolute atomic E-state index is 13.9. The smallest absolute Gasteiger partial charge is 0.330 e. The van der Waals surface area contributed by atoms with Gasteiger partial charge < -0.3 is 16.0 Å². The van der Waals surface area contributed by atoms with Crippen molar-refractivity contribution in [3.05, 3.63) is 86.8 Å². The number of para-hydroxylation sites is 1. The van der Waals surface area contributed by atoms with E-state index in [1.807, 2.05) is 37.3 Å². The number of hydrogen-bond acceptors (Lipinski definition) is 5. The van der Waals surface area contributed by atoms with Crippen LogP contribution < -0.4 is 27.2 Å². The van der Waals surface area contributed by atoms with Crippen molar-refractivity contribution in [1.82, 2.24) is 9.55 Å². The summed E-state index contributed by atoms with van der Waals surface area (Å²) in [6.07, 6.45) is 1.38. The zero-order valence-electron chi connectivity index (χ0n) is 17.8. The van der Waals surface area contributed by atoms with Gasteiger partial charge in [-0.15, -0.1) is 0 Å². The minimum Gasteiger partial charge on any atom is -0.383 e. The van der Waals surface area contributed by atoms with Gasteiger partial charge in [0.25, 0.3) is 5.56 Å². The Hall–Kier alpha value is -3.88. The summed E-state index contributed by atoms with van der Waals surface area (Å²) >= 11 is 0. The number of nitrogens with one attached hydrogen (secondary N) is 2. The maximum atomic E-state index is 13.9. The lowest BCUT2D eigenvalue weighted by Gasteiger charge is -2.25. The molecular weight excluding hydrogens is 413 g/mol. The molecule has 3 aromatic rings. The number of carbonyl (C=O) groups excluding carboxylic acids is 1. The van der Waals surface area contributed by atoms with E-state index in [1.165, 1.54) is 21.6 Å². The highest BCUT2D eigenvalue weighted by atomic mass is 19.1. The first-order valence-corrected chi connectivity index (χ1v) is 10.4. The summed E-state index contributed by atoms with van der Waals surface area (Å²) in [5.41, 5.74) is 5.74. The van der Waals surface area contributed by atoms with Crippen molar-refractivity contribution >= 4 is 23.1 Å². The molecule has 1 amide bonds. The number of aromatic nitrogens is 2. The highest BCUT2D eigenvalue weighted by Gasteiger charge is 2.24. The van der Waals surface area contributed by atoms with Crippen LogP contribution in [0.2, 0.25) is 0 Å². The van der Waals surface area contributed by atoms with Gasteiger partial charge in [-0.05, 0) is 24.1 Å². The summed E-state index contributed by atoms with van der Waals surface area (Å²) in [4.78, 5) is 41.7. The Morgan fingerprint density at radius 2 is 1.81 bits per heavy atom. The molecule has 0 bridgehead atoms. The fraction of sp³-hybridized carbons (Fsp3) is 0.261. The topological polar surface area (TPSA) is 113 Å². The number of aromatic amines is 1. The summed E-state index contributed by atoms with van der Waals surface area (Å²) in [6, 6.07) is 15.2. The van der Waals surface area contributed by atoms with E-state index in [0.717, 1.165) is 12.0 Å². The van der Waals surface area contributed by atoms with Crippen molar-refractivity contribution in [2.45, 2.75) is 26.3 Å². The normalized spacial score (nSPS) is 10.7. The number of unbranched alkanes of at least 4 members (excludes halogenated alkanes) is 1. The Morgan fingerprint density at radius 1 is 1.12 bits per heavy atom. The number of nitrogens with zero attached hydrogens (tertiary/aromatic N) is 2. The number of anilines is 3. The van der Waals surface area contributed by atoms with Crippen LogP contribution in [0.15, 0.2) is 64.2 Å². The van der Waals surface area contributed by atoms with E-state index in [0.29, 0.717) is 6.42 Å². The number of carbonyl (C=O) groups is 1. The number of halogens is 1. The number of nitrogens with two attached hydrogens (primary N) is 1. The van der Waals surface area contributed by atoms with Gasteiger partial charge in [0.1, 0.15) is 11.6 Å². The van der Waals surface area contributed by atoms with Crippen molar-refractivity contribution < 1.29 is 9.18 Å². The molecule has 4 N–H and O–H groups in total. The van der Waals surface area contributed by atoms with Gasteiger partial charge in [0.15, 0.2) is 5.69 Å². The molecule has 1 aromatic heterocycles. The van der Waals surface area contributed by atoms with Crippen LogP contribution in [-0.4, -0.2) is 28.5 Å². The first kappa shape index (κ1) is 22.8. The van der Waals surface area contributed by atoms with Crippen LogP contribution in [0.25, 0.3) is 0 Å². The van der Waals surface area contributed by atoms with Gasteiger partial charge in [-0.25, -0.2) is 9.18 Å². The first-order valence-electron chi connectivity index (χ1n) is 10.4. The number of hydrogen-bond donors (Lipinski definition) is 3. The van der Waals surface area contributed by atoms with Gasteiger partial charge in [-0.2, -0.15) is 0 Å². The Labute approximate surface area is 184 Å². The lowest BCUT2D eigenvalue weighted by molar-refractivity contribution is -0.117. The lowest BCUT2D eigenvalue weighted by Crippen LogP contribution is -2.43. The third-order valence-electron chi connectivity index (χ3n) is 5.01. The molecule has 32 heavy (non-hydrogen) atoms. The van der Waals surface area contributed by atoms with Crippen molar-refractivity contribution in [1.29, 1.82) is 0 Å². The molecule has 0 atom stereocenters. The molecule has 3 rings (SSSR count). The Kier molecular flexibility index (Phi) is 7.43. The zero-order chi connectivity index (χ0) is 23.1. The predicted molar refractivity (Wildman–Crippen MR) is 123 cm³/mol. The molecule has 0 aliphatic rings. The lowest BCUT2D eigenvalue weighted by atomic mass is 10.2. The molecule has 0 saturated heterocycles. The average molecular weight is 439 g/mol. The maximum Gasteiger partial charge on any atom is 0.330 e. The standard InChI is InChI=1S/C23H26FN5O3/c1-2-3-13-28(19(30)14-26-18-12-8-7-11-17(18)24)20-21(25)29(23(32)27-22(20)31)15-16-9-5-4-6-10-16/h4-12,26H,2-3,13-15,25H2,1H3,(H,27,31,32). The number of amides is 1. The molecule has 0 radical (unpaired) electrons. The molecule has 168 valence electrons. The SMILES string of the molecule is CCCCN(C(=O)CNc1ccccc1F)c1c(N)n(Cc2ccccc2)c(=O)[nH]c1=O. The van der Waals surface area contributed by atoms with Crippen LogP contribution in [0.4, 0.5) is 21.6 Å². The van der Waals surface area contributed by atoms with Crippen LogP contribution in [0, 0.1) is 5.82 Å². The van der Waals surface area contributed by atoms with E-state index < -0.39 is 23.0 Å². The van der Waals surface area contributed by atoms with E-state index in [-0.39, 0.29) is 36.8 Å². The number of nitrogen functional groups attached to an aromatic ring is 1. The molecule has 0 unspecified atom stereocenters. The van der Waals surface area contributed by atoms with E-state index in [9.17, 15) is 18.8 Å². The monoisotopic (exact) mass is 439 g/mol. The fourth-order valence-corrected chi connectivity index (χ4v) is 3.31. The van der Waals surface area contributed by atoms with Crippen molar-refractivity contribution in [2.75, 3.05) is 29.0 Å². The minimum absolute atomic E-state index is 0.0886.